The molecule has 0 aliphatic rings. The smallest absolute Gasteiger partial charge is 0.306 e. The lowest BCUT2D eigenvalue weighted by atomic mass is 10.0. The molecular formula is C14H8Br2Cl2N2O. The molecule has 3 aromatic rings. The maximum Gasteiger partial charge on any atom is 0.323 e. The number of aromatic amines is 2. The molecule has 0 radical (unpaired) electrons. The van der Waals surface area contributed by atoms with E-state index in [9.17, 15) is 4.79 Å². The second-order valence-corrected chi connectivity index (χ2v) is 7.03. The van der Waals surface area contributed by atoms with Crippen molar-refractivity contribution in [2.24, 2.45) is 0 Å². The Morgan fingerprint density at radius 2 is 1.67 bits per heavy atom. The van der Waals surface area contributed by atoms with Gasteiger partial charge in [0.2, 0.25) is 0 Å². The lowest BCUT2D eigenvalue weighted by Gasteiger charge is -2.15. The van der Waals surface area contributed by atoms with Gasteiger partial charge in [0.1, 0.15) is 0 Å². The average molecular weight is 451 g/mol. The number of H-pyrrole nitrogens is 2. The van der Waals surface area contributed by atoms with Gasteiger partial charge in [-0.2, -0.15) is 0 Å². The molecule has 7 heteroatoms. The van der Waals surface area contributed by atoms with Gasteiger partial charge < -0.3 is 9.97 Å². The van der Waals surface area contributed by atoms with Gasteiger partial charge in [-0.15, -0.1) is 11.6 Å². The van der Waals surface area contributed by atoms with E-state index in [-0.39, 0.29) is 5.69 Å². The van der Waals surface area contributed by atoms with Gasteiger partial charge in [0, 0.05) is 8.95 Å². The van der Waals surface area contributed by atoms with E-state index < -0.39 is 5.38 Å². The highest BCUT2D eigenvalue weighted by Gasteiger charge is 2.19. The number of hydrogen-bond acceptors (Lipinski definition) is 1. The lowest BCUT2D eigenvalue weighted by molar-refractivity contribution is 1.13. The minimum Gasteiger partial charge on any atom is -0.306 e. The van der Waals surface area contributed by atoms with Crippen LogP contribution in [0.15, 0.2) is 44.1 Å². The number of imidazole rings is 1. The first-order valence-corrected chi connectivity index (χ1v) is 8.37. The zero-order valence-corrected chi connectivity index (χ0v) is 15.1. The molecule has 1 aromatic heterocycles. The van der Waals surface area contributed by atoms with Crippen LogP contribution in [0.25, 0.3) is 11.0 Å². The van der Waals surface area contributed by atoms with Crippen molar-refractivity contribution < 1.29 is 0 Å². The Hall–Kier alpha value is -0.750. The number of fused-ring (bicyclic) bond motifs is 1. The minimum atomic E-state index is -0.438. The van der Waals surface area contributed by atoms with Crippen LogP contribution in [0, 0.1) is 0 Å². The summed E-state index contributed by atoms with van der Waals surface area (Å²) < 4.78 is 1.60. The standard InChI is InChI=1S/C14H8Br2Cl2N2O/c15-8-3-1-2-6(13(8)18)12(17)7-4-10-11(5-9(7)16)20-14(21)19-10/h1-5,12H,(H2,19,20,21). The summed E-state index contributed by atoms with van der Waals surface area (Å²) in [6, 6.07) is 9.28. The summed E-state index contributed by atoms with van der Waals surface area (Å²) in [6.07, 6.45) is 0. The molecule has 3 nitrogen and oxygen atoms in total. The van der Waals surface area contributed by atoms with E-state index in [1.54, 1.807) is 0 Å². The van der Waals surface area contributed by atoms with Gasteiger partial charge >= 0.3 is 5.69 Å². The zero-order valence-electron chi connectivity index (χ0n) is 10.4. The van der Waals surface area contributed by atoms with Crippen LogP contribution in [0.3, 0.4) is 0 Å². The number of halogens is 4. The first kappa shape index (κ1) is 15.2. The number of aromatic nitrogens is 2. The van der Waals surface area contributed by atoms with Crippen molar-refractivity contribution in [2.45, 2.75) is 5.38 Å². The van der Waals surface area contributed by atoms with Crippen molar-refractivity contribution in [1.82, 2.24) is 9.97 Å². The van der Waals surface area contributed by atoms with Crippen LogP contribution >= 0.6 is 55.1 Å². The Balaban J connectivity index is 2.16. The Morgan fingerprint density at radius 3 is 2.38 bits per heavy atom. The van der Waals surface area contributed by atoms with E-state index in [4.69, 9.17) is 23.2 Å². The Bertz CT molecular complexity index is 888. The van der Waals surface area contributed by atoms with Crippen molar-refractivity contribution in [3.8, 4) is 0 Å². The van der Waals surface area contributed by atoms with Crippen LogP contribution in [0.1, 0.15) is 16.5 Å². The molecule has 0 saturated heterocycles. The van der Waals surface area contributed by atoms with Crippen molar-refractivity contribution >= 4 is 66.1 Å². The summed E-state index contributed by atoms with van der Waals surface area (Å²) in [5, 5.41) is 0.138. The highest BCUT2D eigenvalue weighted by molar-refractivity contribution is 9.10. The molecule has 3 rings (SSSR count). The summed E-state index contributed by atoms with van der Waals surface area (Å²) in [6.45, 7) is 0. The molecule has 0 aliphatic heterocycles. The van der Waals surface area contributed by atoms with Gasteiger partial charge in [0.05, 0.1) is 21.4 Å². The highest BCUT2D eigenvalue weighted by atomic mass is 79.9. The molecule has 1 atom stereocenters. The SMILES string of the molecule is O=c1[nH]c2cc(Br)c(C(Cl)c3cccc(Br)c3Cl)cc2[nH]1. The molecule has 21 heavy (non-hydrogen) atoms. The Morgan fingerprint density at radius 1 is 1.00 bits per heavy atom. The van der Waals surface area contributed by atoms with Gasteiger partial charge in [0.25, 0.3) is 0 Å². The van der Waals surface area contributed by atoms with E-state index in [1.165, 1.54) is 0 Å². The van der Waals surface area contributed by atoms with Crippen LogP contribution in [0.5, 0.6) is 0 Å². The fourth-order valence-corrected chi connectivity index (χ4v) is 3.89. The quantitative estimate of drug-likeness (QED) is 0.507. The first-order chi connectivity index (χ1) is 9.97. The molecule has 0 amide bonds. The number of benzene rings is 2. The largest absolute Gasteiger partial charge is 0.323 e. The summed E-state index contributed by atoms with van der Waals surface area (Å²) >= 11 is 19.8. The third kappa shape index (κ3) is 2.80. The second-order valence-electron chi connectivity index (χ2n) is 4.50. The molecule has 0 saturated carbocycles. The average Bonchev–Trinajstić information content (AvgIpc) is 2.79. The number of hydrogen-bond donors (Lipinski definition) is 2. The Kier molecular flexibility index (Phi) is 4.19. The first-order valence-electron chi connectivity index (χ1n) is 5.97. The van der Waals surface area contributed by atoms with Crippen LogP contribution < -0.4 is 5.69 Å². The van der Waals surface area contributed by atoms with Gasteiger partial charge in [-0.3, -0.25) is 0 Å². The van der Waals surface area contributed by atoms with E-state index in [1.807, 2.05) is 30.3 Å². The molecule has 1 unspecified atom stereocenters. The monoisotopic (exact) mass is 448 g/mol. The molecule has 2 aromatic carbocycles. The van der Waals surface area contributed by atoms with E-state index in [2.05, 4.69) is 41.8 Å². The predicted molar refractivity (Wildman–Crippen MR) is 93.5 cm³/mol. The molecule has 2 N–H and O–H groups in total. The van der Waals surface area contributed by atoms with Crippen molar-refractivity contribution in [3.05, 3.63) is 65.9 Å². The summed E-state index contributed by atoms with van der Waals surface area (Å²) in [5.74, 6) is 0. The van der Waals surface area contributed by atoms with E-state index in [0.717, 1.165) is 25.6 Å². The van der Waals surface area contributed by atoms with Crippen LogP contribution in [0.2, 0.25) is 5.02 Å². The van der Waals surface area contributed by atoms with Crippen molar-refractivity contribution in [1.29, 1.82) is 0 Å². The fourth-order valence-electron chi connectivity index (χ4n) is 2.15. The molecule has 108 valence electrons. The van der Waals surface area contributed by atoms with Crippen LogP contribution in [-0.4, -0.2) is 9.97 Å². The molecule has 0 fully saturated rings. The number of rotatable bonds is 2. The van der Waals surface area contributed by atoms with Gasteiger partial charge in [0.15, 0.2) is 0 Å². The number of alkyl halides is 1. The molecule has 1 heterocycles. The van der Waals surface area contributed by atoms with Gasteiger partial charge in [-0.1, -0.05) is 39.7 Å². The third-order valence-electron chi connectivity index (χ3n) is 3.16. The summed E-state index contributed by atoms with van der Waals surface area (Å²) in [7, 11) is 0. The van der Waals surface area contributed by atoms with Gasteiger partial charge in [-0.25, -0.2) is 4.79 Å². The molecular weight excluding hydrogens is 443 g/mol. The van der Waals surface area contributed by atoms with Crippen LogP contribution in [-0.2, 0) is 0 Å². The lowest BCUT2D eigenvalue weighted by Crippen LogP contribution is -1.99. The molecule has 0 aliphatic carbocycles. The van der Waals surface area contributed by atoms with Gasteiger partial charge in [-0.05, 0) is 45.3 Å². The zero-order chi connectivity index (χ0) is 15.1. The topological polar surface area (TPSA) is 48.6 Å². The normalized spacial score (nSPS) is 12.8. The maximum atomic E-state index is 11.4. The van der Waals surface area contributed by atoms with E-state index in [0.29, 0.717) is 10.5 Å². The van der Waals surface area contributed by atoms with E-state index >= 15 is 0 Å². The number of nitrogens with one attached hydrogen (secondary N) is 2. The minimum absolute atomic E-state index is 0.249. The molecule has 0 bridgehead atoms. The highest BCUT2D eigenvalue weighted by Crippen LogP contribution is 2.40. The maximum absolute atomic E-state index is 11.4. The van der Waals surface area contributed by atoms with Crippen LogP contribution in [0.4, 0.5) is 0 Å². The predicted octanol–water partition coefficient (Wildman–Crippen LogP) is 5.36. The van der Waals surface area contributed by atoms with Crippen molar-refractivity contribution in [3.63, 3.8) is 0 Å². The second kappa shape index (κ2) is 5.80. The molecule has 0 spiro atoms. The Labute approximate surface area is 146 Å². The third-order valence-corrected chi connectivity index (χ3v) is 5.63. The fraction of sp³-hybridized carbons (Fsp3) is 0.0714. The van der Waals surface area contributed by atoms with Crippen molar-refractivity contribution in [2.75, 3.05) is 0 Å². The summed E-state index contributed by atoms with van der Waals surface area (Å²) in [4.78, 5) is 16.8. The summed E-state index contributed by atoms with van der Waals surface area (Å²) in [5.41, 5.74) is 2.81.